The van der Waals surface area contributed by atoms with Gasteiger partial charge in [-0.25, -0.2) is 0 Å². The highest BCUT2D eigenvalue weighted by Crippen LogP contribution is 2.19. The van der Waals surface area contributed by atoms with E-state index in [1.807, 2.05) is 43.3 Å². The number of nitrogens with one attached hydrogen (secondary N) is 2. The molecule has 1 saturated heterocycles. The predicted molar refractivity (Wildman–Crippen MR) is 105 cm³/mol. The summed E-state index contributed by atoms with van der Waals surface area (Å²) in [7, 11) is 2.23. The first-order valence-corrected chi connectivity index (χ1v) is 9.22. The summed E-state index contributed by atoms with van der Waals surface area (Å²) >= 11 is 0. The minimum Gasteiger partial charge on any atom is -0.481 e. The van der Waals surface area contributed by atoms with E-state index in [4.69, 9.17) is 4.74 Å². The number of aryl methyl sites for hydroxylation is 1. The van der Waals surface area contributed by atoms with Crippen LogP contribution in [0.4, 0.5) is 11.4 Å². The van der Waals surface area contributed by atoms with Gasteiger partial charge in [-0.2, -0.15) is 0 Å². The van der Waals surface area contributed by atoms with Crippen LogP contribution >= 0.6 is 0 Å². The molecule has 26 heavy (non-hydrogen) atoms. The number of hydrogen-bond donors (Lipinski definition) is 2. The van der Waals surface area contributed by atoms with E-state index >= 15 is 0 Å². The summed E-state index contributed by atoms with van der Waals surface area (Å²) in [6.45, 7) is 8.22. The Bertz CT molecular complexity index is 737. The second-order valence-corrected chi connectivity index (χ2v) is 7.06. The van der Waals surface area contributed by atoms with Gasteiger partial charge < -0.3 is 19.9 Å². The highest BCUT2D eigenvalue weighted by Gasteiger charge is 2.18. The Kier molecular flexibility index (Phi) is 5.78. The first-order valence-electron chi connectivity index (χ1n) is 9.22. The van der Waals surface area contributed by atoms with E-state index in [1.54, 1.807) is 11.8 Å². The highest BCUT2D eigenvalue weighted by molar-refractivity contribution is 5.94. The lowest BCUT2D eigenvalue weighted by molar-refractivity contribution is -0.880. The average molecular weight is 354 g/mol. The molecule has 1 fully saturated rings. The second kappa shape index (κ2) is 8.23. The number of ether oxygens (including phenoxy) is 1. The summed E-state index contributed by atoms with van der Waals surface area (Å²) in [4.78, 5) is 16.3. The van der Waals surface area contributed by atoms with Crippen LogP contribution in [0.5, 0.6) is 5.75 Å². The van der Waals surface area contributed by atoms with Crippen molar-refractivity contribution < 1.29 is 14.4 Å². The molecular weight excluding hydrogens is 326 g/mol. The molecule has 1 amide bonds. The quantitative estimate of drug-likeness (QED) is 0.860. The third-order valence-electron chi connectivity index (χ3n) is 4.79. The molecule has 0 radical (unpaired) electrons. The standard InChI is InChI=1S/C21H27N3O2/c1-16-5-4-6-20(15-16)26-17(2)21(25)22-18-7-9-19(10-8-18)24-13-11-23(3)12-14-24/h4-10,15,17H,11-14H2,1-3H3,(H,22,25)/p+1/t17-/m0/s1. The van der Waals surface area contributed by atoms with Crippen molar-refractivity contribution in [2.75, 3.05) is 43.4 Å². The second-order valence-electron chi connectivity index (χ2n) is 7.06. The van der Waals surface area contributed by atoms with Gasteiger partial charge in [0.2, 0.25) is 0 Å². The molecule has 0 aliphatic carbocycles. The smallest absolute Gasteiger partial charge is 0.265 e. The molecule has 138 valence electrons. The van der Waals surface area contributed by atoms with Gasteiger partial charge in [-0.05, 0) is 55.8 Å². The summed E-state index contributed by atoms with van der Waals surface area (Å²) in [6.07, 6.45) is -0.558. The van der Waals surface area contributed by atoms with Gasteiger partial charge in [0.25, 0.3) is 5.91 Å². The molecule has 2 aromatic rings. The number of piperazine rings is 1. The Balaban J connectivity index is 1.55. The van der Waals surface area contributed by atoms with E-state index in [9.17, 15) is 4.79 Å². The number of rotatable bonds is 5. The van der Waals surface area contributed by atoms with E-state index in [-0.39, 0.29) is 5.91 Å². The number of carbonyl (C=O) groups is 1. The number of benzene rings is 2. The van der Waals surface area contributed by atoms with E-state index in [0.29, 0.717) is 5.75 Å². The van der Waals surface area contributed by atoms with Gasteiger partial charge in [0.15, 0.2) is 6.10 Å². The van der Waals surface area contributed by atoms with E-state index < -0.39 is 6.10 Å². The van der Waals surface area contributed by atoms with Crippen LogP contribution in [0, 0.1) is 6.92 Å². The van der Waals surface area contributed by atoms with Crippen molar-refractivity contribution in [1.82, 2.24) is 0 Å². The monoisotopic (exact) mass is 354 g/mol. The highest BCUT2D eigenvalue weighted by atomic mass is 16.5. The minimum absolute atomic E-state index is 0.151. The fraction of sp³-hybridized carbons (Fsp3) is 0.381. The van der Waals surface area contributed by atoms with Gasteiger partial charge >= 0.3 is 0 Å². The molecule has 1 aliphatic rings. The number of hydrogen-bond acceptors (Lipinski definition) is 3. The van der Waals surface area contributed by atoms with E-state index in [0.717, 1.165) is 37.4 Å². The molecule has 0 unspecified atom stereocenters. The van der Waals surface area contributed by atoms with Gasteiger partial charge in [-0.3, -0.25) is 4.79 Å². The van der Waals surface area contributed by atoms with Crippen LogP contribution in [0.3, 0.4) is 0 Å². The maximum Gasteiger partial charge on any atom is 0.265 e. The Morgan fingerprint density at radius 1 is 1.15 bits per heavy atom. The molecule has 2 aromatic carbocycles. The summed E-state index contributed by atoms with van der Waals surface area (Å²) in [5.74, 6) is 0.558. The van der Waals surface area contributed by atoms with Crippen LogP contribution < -0.4 is 19.9 Å². The lowest BCUT2D eigenvalue weighted by atomic mass is 10.2. The lowest BCUT2D eigenvalue weighted by Crippen LogP contribution is -3.12. The number of likely N-dealkylation sites (N-methyl/N-ethyl adjacent to an activating group) is 1. The van der Waals surface area contributed by atoms with Crippen molar-refractivity contribution >= 4 is 17.3 Å². The number of nitrogens with zero attached hydrogens (tertiary/aromatic N) is 1. The van der Waals surface area contributed by atoms with Gasteiger partial charge in [0, 0.05) is 11.4 Å². The number of amides is 1. The Hall–Kier alpha value is -2.53. The summed E-state index contributed by atoms with van der Waals surface area (Å²) in [5, 5.41) is 2.93. The van der Waals surface area contributed by atoms with Crippen LogP contribution in [0.25, 0.3) is 0 Å². The van der Waals surface area contributed by atoms with Crippen molar-refractivity contribution in [3.63, 3.8) is 0 Å². The molecule has 2 N–H and O–H groups in total. The van der Waals surface area contributed by atoms with Gasteiger partial charge in [-0.1, -0.05) is 12.1 Å². The largest absolute Gasteiger partial charge is 0.481 e. The Morgan fingerprint density at radius 3 is 2.50 bits per heavy atom. The molecule has 5 nitrogen and oxygen atoms in total. The molecule has 0 bridgehead atoms. The normalized spacial score (nSPS) is 16.2. The Labute approximate surface area is 155 Å². The molecule has 3 rings (SSSR count). The van der Waals surface area contributed by atoms with Crippen molar-refractivity contribution in [2.24, 2.45) is 0 Å². The fourth-order valence-electron chi connectivity index (χ4n) is 3.09. The van der Waals surface area contributed by atoms with Crippen molar-refractivity contribution in [3.05, 3.63) is 54.1 Å². The topological polar surface area (TPSA) is 46.0 Å². The molecule has 1 atom stereocenters. The van der Waals surface area contributed by atoms with E-state index in [1.165, 1.54) is 5.69 Å². The summed E-state index contributed by atoms with van der Waals surface area (Å²) < 4.78 is 5.74. The number of carbonyl (C=O) groups excluding carboxylic acids is 1. The minimum atomic E-state index is -0.558. The molecule has 5 heteroatoms. The Morgan fingerprint density at radius 2 is 1.85 bits per heavy atom. The molecule has 0 spiro atoms. The zero-order valence-electron chi connectivity index (χ0n) is 15.8. The third-order valence-corrected chi connectivity index (χ3v) is 4.79. The first-order chi connectivity index (χ1) is 12.5. The molecule has 1 heterocycles. The van der Waals surface area contributed by atoms with Crippen LogP contribution in [0.2, 0.25) is 0 Å². The summed E-state index contributed by atoms with van der Waals surface area (Å²) in [5.41, 5.74) is 3.11. The van der Waals surface area contributed by atoms with Crippen LogP contribution in [0.15, 0.2) is 48.5 Å². The van der Waals surface area contributed by atoms with Gasteiger partial charge in [-0.15, -0.1) is 0 Å². The van der Waals surface area contributed by atoms with E-state index in [2.05, 4.69) is 29.4 Å². The van der Waals surface area contributed by atoms with Crippen LogP contribution in [-0.4, -0.2) is 45.2 Å². The van der Waals surface area contributed by atoms with Gasteiger partial charge in [0.1, 0.15) is 5.75 Å². The zero-order valence-corrected chi connectivity index (χ0v) is 15.8. The van der Waals surface area contributed by atoms with Gasteiger partial charge in [0.05, 0.1) is 33.2 Å². The SMILES string of the molecule is Cc1cccc(O[C@@H](C)C(=O)Nc2ccc(N3CC[NH+](C)CC3)cc2)c1. The molecule has 1 aliphatic heterocycles. The zero-order chi connectivity index (χ0) is 18.5. The number of anilines is 2. The maximum absolute atomic E-state index is 12.4. The van der Waals surface area contributed by atoms with Crippen molar-refractivity contribution in [1.29, 1.82) is 0 Å². The van der Waals surface area contributed by atoms with Crippen LogP contribution in [-0.2, 0) is 4.79 Å². The average Bonchev–Trinajstić information content (AvgIpc) is 2.63. The summed E-state index contributed by atoms with van der Waals surface area (Å²) in [6, 6.07) is 15.8. The number of quaternary nitrogens is 1. The fourth-order valence-corrected chi connectivity index (χ4v) is 3.09. The lowest BCUT2D eigenvalue weighted by Gasteiger charge is -2.31. The van der Waals surface area contributed by atoms with Crippen molar-refractivity contribution in [3.8, 4) is 5.75 Å². The van der Waals surface area contributed by atoms with Crippen LogP contribution in [0.1, 0.15) is 12.5 Å². The van der Waals surface area contributed by atoms with Crippen molar-refractivity contribution in [2.45, 2.75) is 20.0 Å². The molecule has 0 aromatic heterocycles. The first kappa shape index (κ1) is 18.3. The maximum atomic E-state index is 12.4. The third kappa shape index (κ3) is 4.76. The predicted octanol–water partition coefficient (Wildman–Crippen LogP) is 1.74. The molecular formula is C21H28N3O2+. The molecule has 0 saturated carbocycles.